The first-order chi connectivity index (χ1) is 7.50. The zero-order valence-electron chi connectivity index (χ0n) is 11.8. The van der Waals surface area contributed by atoms with Crippen LogP contribution in [0.2, 0.25) is 0 Å². The van der Waals surface area contributed by atoms with E-state index in [1.54, 1.807) is 0 Å². The maximum absolute atomic E-state index is 2.51. The predicted octanol–water partition coefficient (Wildman–Crippen LogP) is 5.42. The van der Waals surface area contributed by atoms with Gasteiger partial charge in [0.25, 0.3) is 0 Å². The highest BCUT2D eigenvalue weighted by Gasteiger charge is 2.42. The fourth-order valence-electron chi connectivity index (χ4n) is 4.19. The molecule has 3 unspecified atom stereocenters. The van der Waals surface area contributed by atoms with Gasteiger partial charge in [-0.15, -0.1) is 0 Å². The molecule has 0 heteroatoms. The molecule has 4 atom stereocenters. The molecule has 0 aromatic heterocycles. The Morgan fingerprint density at radius 2 is 1.19 bits per heavy atom. The van der Waals surface area contributed by atoms with E-state index in [0.717, 1.165) is 11.8 Å². The van der Waals surface area contributed by atoms with Crippen LogP contribution in [0.15, 0.2) is 0 Å². The minimum Gasteiger partial charge on any atom is -0.0649 e. The smallest absolute Gasteiger partial charge is 0.0326 e. The van der Waals surface area contributed by atoms with Crippen molar-refractivity contribution in [3.63, 3.8) is 0 Å². The molecule has 94 valence electrons. The lowest BCUT2D eigenvalue weighted by molar-refractivity contribution is 0.245. The van der Waals surface area contributed by atoms with Crippen molar-refractivity contribution in [2.45, 2.75) is 79.1 Å². The molecular formula is C16H30. The fourth-order valence-corrected chi connectivity index (χ4v) is 4.19. The first-order valence-electron chi connectivity index (χ1n) is 7.50. The Balaban J connectivity index is 1.92. The van der Waals surface area contributed by atoms with Gasteiger partial charge < -0.3 is 0 Å². The summed E-state index contributed by atoms with van der Waals surface area (Å²) in [6, 6.07) is 0. The molecule has 0 bridgehead atoms. The lowest BCUT2D eigenvalue weighted by atomic mass is 9.79. The average Bonchev–Trinajstić information content (AvgIpc) is 2.84. The van der Waals surface area contributed by atoms with Crippen molar-refractivity contribution in [1.29, 1.82) is 0 Å². The summed E-state index contributed by atoms with van der Waals surface area (Å²) < 4.78 is 0. The van der Waals surface area contributed by atoms with Crippen LogP contribution in [-0.4, -0.2) is 0 Å². The summed E-state index contributed by atoms with van der Waals surface area (Å²) in [6.07, 6.45) is 11.9. The van der Waals surface area contributed by atoms with Crippen molar-refractivity contribution < 1.29 is 0 Å². The van der Waals surface area contributed by atoms with Gasteiger partial charge in [-0.2, -0.15) is 0 Å². The highest BCUT2D eigenvalue weighted by atomic mass is 14.5. The van der Waals surface area contributed by atoms with Crippen LogP contribution in [0, 0.1) is 22.7 Å². The van der Waals surface area contributed by atoms with E-state index < -0.39 is 0 Å². The van der Waals surface area contributed by atoms with Crippen LogP contribution in [-0.2, 0) is 0 Å². The second kappa shape index (κ2) is 4.35. The predicted molar refractivity (Wildman–Crippen MR) is 71.5 cm³/mol. The van der Waals surface area contributed by atoms with Crippen LogP contribution in [0.1, 0.15) is 79.1 Å². The molecule has 0 radical (unpaired) electrons. The van der Waals surface area contributed by atoms with E-state index in [1.165, 1.54) is 51.4 Å². The third-order valence-corrected chi connectivity index (χ3v) is 6.12. The molecule has 2 rings (SSSR count). The summed E-state index contributed by atoms with van der Waals surface area (Å²) >= 11 is 0. The van der Waals surface area contributed by atoms with E-state index in [9.17, 15) is 0 Å². The van der Waals surface area contributed by atoms with Crippen LogP contribution < -0.4 is 0 Å². The van der Waals surface area contributed by atoms with E-state index in [0.29, 0.717) is 10.8 Å². The van der Waals surface area contributed by atoms with Crippen molar-refractivity contribution >= 4 is 0 Å². The third-order valence-electron chi connectivity index (χ3n) is 6.12. The molecule has 16 heavy (non-hydrogen) atoms. The summed E-state index contributed by atoms with van der Waals surface area (Å²) in [4.78, 5) is 0. The minimum absolute atomic E-state index is 0.690. The SMILES string of the molecule is CCC1(C)CCC(C2CC[C@@](C)(CC)C2)C1. The zero-order chi connectivity index (χ0) is 11.8. The number of hydrogen-bond donors (Lipinski definition) is 0. The highest BCUT2D eigenvalue weighted by molar-refractivity contribution is 4.93. The summed E-state index contributed by atoms with van der Waals surface area (Å²) in [5, 5.41) is 0. The topological polar surface area (TPSA) is 0 Å². The number of rotatable bonds is 3. The van der Waals surface area contributed by atoms with Crippen molar-refractivity contribution in [1.82, 2.24) is 0 Å². The molecule has 0 aromatic rings. The Morgan fingerprint density at radius 1 is 0.812 bits per heavy atom. The fraction of sp³-hybridized carbons (Fsp3) is 1.00. The molecule has 0 spiro atoms. The summed E-state index contributed by atoms with van der Waals surface area (Å²) in [6.45, 7) is 9.79. The molecule has 2 fully saturated rings. The minimum atomic E-state index is 0.690. The van der Waals surface area contributed by atoms with Gasteiger partial charge in [-0.3, -0.25) is 0 Å². The van der Waals surface area contributed by atoms with Crippen molar-refractivity contribution in [3.05, 3.63) is 0 Å². The van der Waals surface area contributed by atoms with E-state index in [2.05, 4.69) is 27.7 Å². The van der Waals surface area contributed by atoms with Crippen LogP contribution in [0.25, 0.3) is 0 Å². The summed E-state index contributed by atoms with van der Waals surface area (Å²) in [5.41, 5.74) is 1.38. The van der Waals surface area contributed by atoms with E-state index in [4.69, 9.17) is 0 Å². The van der Waals surface area contributed by atoms with Crippen LogP contribution in [0.3, 0.4) is 0 Å². The van der Waals surface area contributed by atoms with E-state index >= 15 is 0 Å². The highest BCUT2D eigenvalue weighted by Crippen LogP contribution is 2.54. The molecule has 2 saturated carbocycles. The third kappa shape index (κ3) is 2.31. The summed E-state index contributed by atoms with van der Waals surface area (Å²) in [7, 11) is 0. The first kappa shape index (κ1) is 12.5. The molecular weight excluding hydrogens is 192 g/mol. The Labute approximate surface area is 102 Å². The van der Waals surface area contributed by atoms with Gasteiger partial charge in [0.2, 0.25) is 0 Å². The van der Waals surface area contributed by atoms with Crippen LogP contribution >= 0.6 is 0 Å². The van der Waals surface area contributed by atoms with Crippen LogP contribution in [0.4, 0.5) is 0 Å². The monoisotopic (exact) mass is 222 g/mol. The molecule has 0 saturated heterocycles. The van der Waals surface area contributed by atoms with Crippen molar-refractivity contribution in [2.24, 2.45) is 22.7 Å². The largest absolute Gasteiger partial charge is 0.0649 e. The van der Waals surface area contributed by atoms with Gasteiger partial charge in [-0.1, -0.05) is 40.5 Å². The lowest BCUT2D eigenvalue weighted by Crippen LogP contribution is -2.16. The van der Waals surface area contributed by atoms with Gasteiger partial charge in [-0.05, 0) is 61.2 Å². The van der Waals surface area contributed by atoms with Crippen LogP contribution in [0.5, 0.6) is 0 Å². The molecule has 0 N–H and O–H groups in total. The first-order valence-corrected chi connectivity index (χ1v) is 7.50. The maximum Gasteiger partial charge on any atom is -0.0326 e. The van der Waals surface area contributed by atoms with Gasteiger partial charge in [0, 0.05) is 0 Å². The molecule has 0 heterocycles. The zero-order valence-corrected chi connectivity index (χ0v) is 11.8. The quantitative estimate of drug-likeness (QED) is 0.598. The maximum atomic E-state index is 2.51. The van der Waals surface area contributed by atoms with E-state index in [1.807, 2.05) is 0 Å². The molecule has 2 aliphatic rings. The second-order valence-corrected chi connectivity index (χ2v) is 7.33. The van der Waals surface area contributed by atoms with Gasteiger partial charge >= 0.3 is 0 Å². The second-order valence-electron chi connectivity index (χ2n) is 7.33. The molecule has 0 aromatic carbocycles. The van der Waals surface area contributed by atoms with Gasteiger partial charge in [0.1, 0.15) is 0 Å². The molecule has 0 nitrogen and oxygen atoms in total. The molecule has 0 aliphatic heterocycles. The Kier molecular flexibility index (Phi) is 3.39. The lowest BCUT2D eigenvalue weighted by Gasteiger charge is -2.26. The van der Waals surface area contributed by atoms with E-state index in [-0.39, 0.29) is 0 Å². The molecule has 0 amide bonds. The Morgan fingerprint density at radius 3 is 1.44 bits per heavy atom. The molecule has 2 aliphatic carbocycles. The Hall–Kier alpha value is 0. The Bertz CT molecular complexity index is 218. The van der Waals surface area contributed by atoms with Gasteiger partial charge in [0.15, 0.2) is 0 Å². The van der Waals surface area contributed by atoms with Gasteiger partial charge in [-0.25, -0.2) is 0 Å². The van der Waals surface area contributed by atoms with Crippen molar-refractivity contribution in [2.75, 3.05) is 0 Å². The number of hydrogen-bond acceptors (Lipinski definition) is 0. The average molecular weight is 222 g/mol. The van der Waals surface area contributed by atoms with Crippen molar-refractivity contribution in [3.8, 4) is 0 Å². The summed E-state index contributed by atoms with van der Waals surface area (Å²) in [5.74, 6) is 2.14. The normalized spacial score (nSPS) is 48.8. The van der Waals surface area contributed by atoms with Gasteiger partial charge in [0.05, 0.1) is 0 Å². The standard InChI is InChI=1S/C16H30/c1-5-15(3)9-7-13(11-15)14-8-10-16(4,6-2)12-14/h13-14H,5-12H2,1-4H3/t13?,14?,15-,16?/m1/s1.